The number of hydrogen-bond acceptors (Lipinski definition) is 6. The maximum atomic E-state index is 12.9. The van der Waals surface area contributed by atoms with Crippen LogP contribution < -0.4 is 0 Å². The van der Waals surface area contributed by atoms with Crippen molar-refractivity contribution in [2.75, 3.05) is 27.3 Å². The first-order valence-electron chi connectivity index (χ1n) is 8.70. The zero-order valence-corrected chi connectivity index (χ0v) is 16.9. The van der Waals surface area contributed by atoms with Gasteiger partial charge in [0.2, 0.25) is 0 Å². The molecule has 0 saturated heterocycles. The molecule has 144 valence electrons. The van der Waals surface area contributed by atoms with Crippen LogP contribution in [0.3, 0.4) is 0 Å². The normalized spacial score (nSPS) is 16.6. The Labute approximate surface area is 158 Å². The second-order valence-electron chi connectivity index (χ2n) is 7.68. The molecule has 0 fully saturated rings. The number of methoxy groups -OCH3 is 2. The fraction of sp³-hybridized carbons (Fsp3) is 0.632. The lowest BCUT2D eigenvalue weighted by Crippen LogP contribution is -2.39. The molecule has 0 N–H and O–H groups in total. The van der Waals surface area contributed by atoms with Gasteiger partial charge in [0, 0.05) is 4.88 Å². The zero-order valence-electron chi connectivity index (χ0n) is 16.1. The third kappa shape index (κ3) is 4.84. The van der Waals surface area contributed by atoms with Gasteiger partial charge in [0.1, 0.15) is 13.1 Å². The minimum Gasteiger partial charge on any atom is -0.468 e. The monoisotopic (exact) mass is 381 g/mol. The van der Waals surface area contributed by atoms with Crippen molar-refractivity contribution in [2.45, 2.75) is 40.0 Å². The first-order chi connectivity index (χ1) is 12.2. The summed E-state index contributed by atoms with van der Waals surface area (Å²) in [7, 11) is 2.50. The van der Waals surface area contributed by atoms with Gasteiger partial charge in [-0.1, -0.05) is 20.8 Å². The molecule has 1 atom stereocenters. The van der Waals surface area contributed by atoms with Crippen molar-refractivity contribution in [3.63, 3.8) is 0 Å². The maximum absolute atomic E-state index is 12.9. The molecule has 0 spiro atoms. The number of carbonyl (C=O) groups excluding carboxylic acids is 3. The van der Waals surface area contributed by atoms with Crippen molar-refractivity contribution < 1.29 is 23.9 Å². The SMILES string of the molecule is COC(=O)CN(CC(=O)OC)C(=O)c1cc2c(s1)CCC(C(C)(C)C)C2. The van der Waals surface area contributed by atoms with E-state index < -0.39 is 11.9 Å². The summed E-state index contributed by atoms with van der Waals surface area (Å²) in [6.07, 6.45) is 3.03. The Morgan fingerprint density at radius 1 is 1.15 bits per heavy atom. The molecule has 6 nitrogen and oxygen atoms in total. The molecule has 1 aromatic heterocycles. The summed E-state index contributed by atoms with van der Waals surface area (Å²) in [6.45, 7) is 6.18. The number of rotatable bonds is 5. The van der Waals surface area contributed by atoms with E-state index in [4.69, 9.17) is 0 Å². The van der Waals surface area contributed by atoms with Crippen LogP contribution in [0.4, 0.5) is 0 Å². The molecule has 0 saturated carbocycles. The van der Waals surface area contributed by atoms with Gasteiger partial charge in [-0.3, -0.25) is 14.4 Å². The number of esters is 2. The first-order valence-corrected chi connectivity index (χ1v) is 9.51. The van der Waals surface area contributed by atoms with Gasteiger partial charge < -0.3 is 14.4 Å². The van der Waals surface area contributed by atoms with E-state index in [0.29, 0.717) is 10.8 Å². The molecule has 1 aliphatic rings. The predicted octanol–water partition coefficient (Wildman–Crippen LogP) is 2.69. The summed E-state index contributed by atoms with van der Waals surface area (Å²) >= 11 is 1.46. The molecule has 0 radical (unpaired) electrons. The van der Waals surface area contributed by atoms with Crippen LogP contribution in [0.5, 0.6) is 0 Å². The topological polar surface area (TPSA) is 72.9 Å². The molecule has 0 bridgehead atoms. The summed E-state index contributed by atoms with van der Waals surface area (Å²) in [5.74, 6) is -0.908. The lowest BCUT2D eigenvalue weighted by Gasteiger charge is -2.33. The first kappa shape index (κ1) is 20.4. The number of hydrogen-bond donors (Lipinski definition) is 0. The molecular formula is C19H27NO5S. The number of nitrogens with zero attached hydrogens (tertiary/aromatic N) is 1. The zero-order chi connectivity index (χ0) is 19.5. The number of carbonyl (C=O) groups is 3. The van der Waals surface area contributed by atoms with Gasteiger partial charge in [-0.25, -0.2) is 0 Å². The Kier molecular flexibility index (Phi) is 6.44. The summed E-state index contributed by atoms with van der Waals surface area (Å²) in [6, 6.07) is 1.92. The molecule has 1 unspecified atom stereocenters. The molecule has 1 aromatic rings. The highest BCUT2D eigenvalue weighted by atomic mass is 32.1. The average Bonchev–Trinajstić information content (AvgIpc) is 3.02. The number of amides is 1. The van der Waals surface area contributed by atoms with E-state index in [9.17, 15) is 14.4 Å². The van der Waals surface area contributed by atoms with E-state index in [1.54, 1.807) is 0 Å². The fourth-order valence-corrected chi connectivity index (χ4v) is 4.34. The van der Waals surface area contributed by atoms with Crippen molar-refractivity contribution in [3.8, 4) is 0 Å². The van der Waals surface area contributed by atoms with Gasteiger partial charge >= 0.3 is 11.9 Å². The second kappa shape index (κ2) is 8.20. The quantitative estimate of drug-likeness (QED) is 0.733. The van der Waals surface area contributed by atoms with E-state index in [-0.39, 0.29) is 24.4 Å². The third-order valence-corrected chi connectivity index (χ3v) is 6.13. The molecule has 1 heterocycles. The van der Waals surface area contributed by atoms with Crippen molar-refractivity contribution in [1.82, 2.24) is 4.90 Å². The minimum absolute atomic E-state index is 0.228. The Morgan fingerprint density at radius 2 is 1.73 bits per heavy atom. The summed E-state index contributed by atoms with van der Waals surface area (Å²) in [4.78, 5) is 39.0. The molecule has 0 aromatic carbocycles. The van der Waals surface area contributed by atoms with Crippen LogP contribution in [0.25, 0.3) is 0 Å². The van der Waals surface area contributed by atoms with E-state index in [1.807, 2.05) is 6.07 Å². The second-order valence-corrected chi connectivity index (χ2v) is 8.82. The fourth-order valence-electron chi connectivity index (χ4n) is 3.16. The number of fused-ring (bicyclic) bond motifs is 1. The van der Waals surface area contributed by atoms with Crippen LogP contribution in [0.15, 0.2) is 6.07 Å². The highest BCUT2D eigenvalue weighted by molar-refractivity contribution is 7.14. The van der Waals surface area contributed by atoms with Gasteiger partial charge in [0.05, 0.1) is 19.1 Å². The van der Waals surface area contributed by atoms with Crippen LogP contribution in [0.2, 0.25) is 0 Å². The van der Waals surface area contributed by atoms with Crippen molar-refractivity contribution in [2.24, 2.45) is 11.3 Å². The lowest BCUT2D eigenvalue weighted by molar-refractivity contribution is -0.144. The number of thiophene rings is 1. The number of ether oxygens (including phenoxy) is 2. The Bertz CT molecular complexity index is 671. The highest BCUT2D eigenvalue weighted by Gasteiger charge is 2.31. The molecule has 0 aliphatic heterocycles. The summed E-state index contributed by atoms with van der Waals surface area (Å²) in [5, 5.41) is 0. The predicted molar refractivity (Wildman–Crippen MR) is 99.2 cm³/mol. The molecule has 7 heteroatoms. The third-order valence-electron chi connectivity index (χ3n) is 4.90. The van der Waals surface area contributed by atoms with Gasteiger partial charge in [0.25, 0.3) is 5.91 Å². The molecule has 2 rings (SSSR count). The Balaban J connectivity index is 2.20. The van der Waals surface area contributed by atoms with Crippen LogP contribution in [0, 0.1) is 11.3 Å². The van der Waals surface area contributed by atoms with Gasteiger partial charge in [-0.15, -0.1) is 11.3 Å². The average molecular weight is 381 g/mol. The van der Waals surface area contributed by atoms with Gasteiger partial charge in [-0.2, -0.15) is 0 Å². The van der Waals surface area contributed by atoms with E-state index in [0.717, 1.165) is 19.3 Å². The molecule has 1 amide bonds. The largest absolute Gasteiger partial charge is 0.468 e. The summed E-state index contributed by atoms with van der Waals surface area (Å²) in [5.41, 5.74) is 1.44. The van der Waals surface area contributed by atoms with E-state index in [1.165, 1.54) is 40.9 Å². The number of aryl methyl sites for hydroxylation is 1. The highest BCUT2D eigenvalue weighted by Crippen LogP contribution is 2.40. The van der Waals surface area contributed by atoms with Crippen LogP contribution >= 0.6 is 11.3 Å². The maximum Gasteiger partial charge on any atom is 0.325 e. The van der Waals surface area contributed by atoms with Gasteiger partial charge in [-0.05, 0) is 42.2 Å². The van der Waals surface area contributed by atoms with E-state index in [2.05, 4.69) is 30.2 Å². The van der Waals surface area contributed by atoms with Crippen LogP contribution in [-0.2, 0) is 31.9 Å². The van der Waals surface area contributed by atoms with Crippen LogP contribution in [0.1, 0.15) is 47.3 Å². The smallest absolute Gasteiger partial charge is 0.325 e. The van der Waals surface area contributed by atoms with Gasteiger partial charge in [0.15, 0.2) is 0 Å². The molecular weight excluding hydrogens is 354 g/mol. The minimum atomic E-state index is -0.573. The standard InChI is InChI=1S/C19H27NO5S/c1-19(2,3)13-6-7-14-12(8-13)9-15(26-14)18(23)20(10-16(21)24-4)11-17(22)25-5/h9,13H,6-8,10-11H2,1-5H3. The van der Waals surface area contributed by atoms with Crippen LogP contribution in [-0.4, -0.2) is 50.1 Å². The Morgan fingerprint density at radius 3 is 2.23 bits per heavy atom. The van der Waals surface area contributed by atoms with E-state index >= 15 is 0 Å². The van der Waals surface area contributed by atoms with Crippen molar-refractivity contribution in [3.05, 3.63) is 21.4 Å². The van der Waals surface area contributed by atoms with Crippen molar-refractivity contribution >= 4 is 29.2 Å². The summed E-state index contributed by atoms with van der Waals surface area (Å²) < 4.78 is 9.27. The lowest BCUT2D eigenvalue weighted by atomic mass is 9.72. The van der Waals surface area contributed by atoms with Crippen molar-refractivity contribution in [1.29, 1.82) is 0 Å². The Hall–Kier alpha value is -1.89. The molecule has 1 aliphatic carbocycles. The molecule has 26 heavy (non-hydrogen) atoms.